The van der Waals surface area contributed by atoms with Crippen molar-refractivity contribution >= 4 is 75.1 Å². The molecule has 51 heavy (non-hydrogen) atoms. The van der Waals surface area contributed by atoms with Gasteiger partial charge in [0.2, 0.25) is 5.95 Å². The Bertz CT molecular complexity index is 3060. The van der Waals surface area contributed by atoms with Gasteiger partial charge < -0.3 is 4.57 Å². The molecule has 5 nitrogen and oxygen atoms in total. The summed E-state index contributed by atoms with van der Waals surface area (Å²) in [7, 11) is 0. The van der Waals surface area contributed by atoms with Crippen molar-refractivity contribution in [2.45, 2.75) is 0 Å². The lowest BCUT2D eigenvalue weighted by Crippen LogP contribution is -2.06. The van der Waals surface area contributed by atoms with Crippen LogP contribution in [-0.2, 0) is 0 Å². The Balaban J connectivity index is 1.28. The second-order valence-electron chi connectivity index (χ2n) is 12.8. The highest BCUT2D eigenvalue weighted by Gasteiger charge is 2.23. The van der Waals surface area contributed by atoms with E-state index >= 15 is 0 Å². The van der Waals surface area contributed by atoms with Gasteiger partial charge in [-0.1, -0.05) is 115 Å². The summed E-state index contributed by atoms with van der Waals surface area (Å²) in [6.45, 7) is 0. The molecule has 11 rings (SSSR count). The van der Waals surface area contributed by atoms with Crippen molar-refractivity contribution in [2.24, 2.45) is 0 Å². The van der Waals surface area contributed by atoms with E-state index in [2.05, 4.69) is 137 Å². The molecule has 0 unspecified atom stereocenters. The fourth-order valence-corrected chi connectivity index (χ4v) is 8.96. The Kier molecular flexibility index (Phi) is 6.05. The number of para-hydroxylation sites is 3. The van der Waals surface area contributed by atoms with Crippen LogP contribution in [0.15, 0.2) is 164 Å². The molecule has 0 amide bonds. The Morgan fingerprint density at radius 3 is 1.35 bits per heavy atom. The third-order valence-electron chi connectivity index (χ3n) is 9.97. The van der Waals surface area contributed by atoms with Gasteiger partial charge in [0.05, 0.1) is 22.1 Å². The number of rotatable bonds is 4. The minimum absolute atomic E-state index is 0.596. The van der Waals surface area contributed by atoms with E-state index in [0.29, 0.717) is 17.6 Å². The molecule has 4 aromatic heterocycles. The quantitative estimate of drug-likeness (QED) is 0.187. The first-order valence-corrected chi connectivity index (χ1v) is 17.9. The average molecular weight is 670 g/mol. The molecule has 0 spiro atoms. The highest BCUT2D eigenvalue weighted by Crippen LogP contribution is 2.48. The van der Waals surface area contributed by atoms with Crippen LogP contribution >= 0.6 is 11.3 Å². The number of thiophene rings is 1. The largest absolute Gasteiger partial charge is 0.309 e. The zero-order chi connectivity index (χ0) is 33.5. The second-order valence-corrected chi connectivity index (χ2v) is 13.9. The third-order valence-corrected chi connectivity index (χ3v) is 11.1. The molecule has 238 valence electrons. The number of benzene rings is 7. The zero-order valence-electron chi connectivity index (χ0n) is 27.2. The van der Waals surface area contributed by atoms with Crippen LogP contribution < -0.4 is 0 Å². The van der Waals surface area contributed by atoms with Gasteiger partial charge in [-0.05, 0) is 48.5 Å². The van der Waals surface area contributed by atoms with Gasteiger partial charge in [0.1, 0.15) is 0 Å². The van der Waals surface area contributed by atoms with Crippen molar-refractivity contribution < 1.29 is 0 Å². The molecule has 0 N–H and O–H groups in total. The zero-order valence-corrected chi connectivity index (χ0v) is 28.0. The average Bonchev–Trinajstić information content (AvgIpc) is 3.86. The maximum absolute atomic E-state index is 5.17. The molecule has 6 heteroatoms. The highest BCUT2D eigenvalue weighted by molar-refractivity contribution is 7.26. The number of nitrogens with zero attached hydrogens (tertiary/aromatic N) is 5. The van der Waals surface area contributed by atoms with Gasteiger partial charge in [0, 0.05) is 58.5 Å². The molecule has 11 aromatic rings. The van der Waals surface area contributed by atoms with E-state index in [4.69, 9.17) is 15.0 Å². The van der Waals surface area contributed by atoms with Gasteiger partial charge in [-0.3, -0.25) is 4.57 Å². The first kappa shape index (κ1) is 28.2. The predicted octanol–water partition coefficient (Wildman–Crippen LogP) is 11.8. The Morgan fingerprint density at radius 2 is 0.804 bits per heavy atom. The molecule has 0 saturated carbocycles. The van der Waals surface area contributed by atoms with E-state index in [1.165, 1.54) is 52.8 Å². The van der Waals surface area contributed by atoms with Crippen LogP contribution in [0, 0.1) is 0 Å². The van der Waals surface area contributed by atoms with Crippen LogP contribution in [0.5, 0.6) is 0 Å². The Labute approximate surface area is 296 Å². The summed E-state index contributed by atoms with van der Waals surface area (Å²) >= 11 is 1.86. The van der Waals surface area contributed by atoms with Crippen molar-refractivity contribution in [3.8, 4) is 34.4 Å². The predicted molar refractivity (Wildman–Crippen MR) is 212 cm³/mol. The third kappa shape index (κ3) is 4.17. The lowest BCUT2D eigenvalue weighted by atomic mass is 10.0. The van der Waals surface area contributed by atoms with Gasteiger partial charge in [-0.25, -0.2) is 4.98 Å². The molecular formula is C45H27N5S. The van der Waals surface area contributed by atoms with Crippen molar-refractivity contribution in [3.05, 3.63) is 164 Å². The number of aromatic nitrogens is 5. The first-order valence-electron chi connectivity index (χ1n) is 17.0. The SMILES string of the molecule is c1ccc(-c2nc(-c3ccccc3)nc(-n3c4ccccc4c4c5c(ccc43)sc3ccc4c(c6ccccc6n4-c4ccccc4)c35)n2)cc1. The molecule has 0 aliphatic carbocycles. The minimum atomic E-state index is 0.596. The summed E-state index contributed by atoms with van der Waals surface area (Å²) in [5, 5.41) is 7.47. The van der Waals surface area contributed by atoms with Crippen LogP contribution in [0.25, 0.3) is 98.2 Å². The Hall–Kier alpha value is -6.63. The minimum Gasteiger partial charge on any atom is -0.309 e. The van der Waals surface area contributed by atoms with Crippen molar-refractivity contribution in [1.82, 2.24) is 24.1 Å². The van der Waals surface area contributed by atoms with Gasteiger partial charge in [0.15, 0.2) is 11.6 Å². The summed E-state index contributed by atoms with van der Waals surface area (Å²) in [5.74, 6) is 1.88. The molecule has 0 radical (unpaired) electrons. The van der Waals surface area contributed by atoms with E-state index in [0.717, 1.165) is 27.8 Å². The summed E-state index contributed by atoms with van der Waals surface area (Å²) in [6, 6.07) is 57.6. The summed E-state index contributed by atoms with van der Waals surface area (Å²) in [5.41, 5.74) is 7.58. The molecule has 4 heterocycles. The van der Waals surface area contributed by atoms with Gasteiger partial charge in [-0.15, -0.1) is 11.3 Å². The topological polar surface area (TPSA) is 48.5 Å². The van der Waals surface area contributed by atoms with Crippen LogP contribution in [0.4, 0.5) is 0 Å². The van der Waals surface area contributed by atoms with E-state index in [9.17, 15) is 0 Å². The van der Waals surface area contributed by atoms with Crippen LogP contribution in [0.3, 0.4) is 0 Å². The smallest absolute Gasteiger partial charge is 0.238 e. The van der Waals surface area contributed by atoms with Crippen molar-refractivity contribution in [2.75, 3.05) is 0 Å². The van der Waals surface area contributed by atoms with Crippen LogP contribution in [0.1, 0.15) is 0 Å². The van der Waals surface area contributed by atoms with E-state index in [-0.39, 0.29) is 0 Å². The lowest BCUT2D eigenvalue weighted by Gasteiger charge is -2.11. The molecule has 7 aromatic carbocycles. The molecule has 0 aliphatic heterocycles. The first-order chi connectivity index (χ1) is 25.3. The number of hydrogen-bond acceptors (Lipinski definition) is 4. The molecule has 0 aliphatic rings. The summed E-state index contributed by atoms with van der Waals surface area (Å²) in [6.07, 6.45) is 0. The van der Waals surface area contributed by atoms with Gasteiger partial charge >= 0.3 is 0 Å². The van der Waals surface area contributed by atoms with Gasteiger partial charge in [-0.2, -0.15) is 9.97 Å². The molecular weight excluding hydrogens is 643 g/mol. The number of hydrogen-bond donors (Lipinski definition) is 0. The van der Waals surface area contributed by atoms with Crippen molar-refractivity contribution in [3.63, 3.8) is 0 Å². The monoisotopic (exact) mass is 669 g/mol. The second kappa shape index (κ2) is 10.9. The van der Waals surface area contributed by atoms with Crippen molar-refractivity contribution in [1.29, 1.82) is 0 Å². The van der Waals surface area contributed by atoms with Crippen LogP contribution in [-0.4, -0.2) is 24.1 Å². The normalized spacial score (nSPS) is 11.9. The maximum atomic E-state index is 5.17. The van der Waals surface area contributed by atoms with E-state index < -0.39 is 0 Å². The standard InChI is InChI=1S/C45H27N5S/c1-4-14-28(15-5-1)43-46-44(29-16-6-2-7-17-29)48-45(47-43)50-34-23-13-11-21-32(34)40-36(50)25-27-38-42(40)41-37(51-38)26-24-35-39(41)31-20-10-12-22-33(31)49(35)30-18-8-3-9-19-30/h1-27H. The molecule has 0 fully saturated rings. The highest BCUT2D eigenvalue weighted by atomic mass is 32.1. The van der Waals surface area contributed by atoms with Gasteiger partial charge in [0.25, 0.3) is 0 Å². The summed E-state index contributed by atoms with van der Waals surface area (Å²) < 4.78 is 7.16. The van der Waals surface area contributed by atoms with Crippen LogP contribution in [0.2, 0.25) is 0 Å². The molecule has 0 atom stereocenters. The van der Waals surface area contributed by atoms with E-state index in [1.807, 2.05) is 47.7 Å². The van der Waals surface area contributed by atoms with E-state index in [1.54, 1.807) is 0 Å². The lowest BCUT2D eigenvalue weighted by molar-refractivity contribution is 0.953. The Morgan fingerprint density at radius 1 is 0.353 bits per heavy atom. The maximum Gasteiger partial charge on any atom is 0.238 e. The summed E-state index contributed by atoms with van der Waals surface area (Å²) in [4.78, 5) is 15.3. The fraction of sp³-hybridized carbons (Fsp3) is 0. The molecule has 0 bridgehead atoms. The number of fused-ring (bicyclic) bond motifs is 11. The molecule has 0 saturated heterocycles. The fourth-order valence-electron chi connectivity index (χ4n) is 7.84.